The smallest absolute Gasteiger partial charge is 0.439 e. The molecule has 1 aromatic carbocycles. The predicted octanol–water partition coefficient (Wildman–Crippen LogP) is 2.07. The Hall–Kier alpha value is -2.25. The van der Waals surface area contributed by atoms with Gasteiger partial charge in [-0.1, -0.05) is 0 Å². The average Bonchev–Trinajstić information content (AvgIpc) is 2.44. The Bertz CT molecular complexity index is 574. The molecule has 0 aliphatic rings. The van der Waals surface area contributed by atoms with Gasteiger partial charge in [0.25, 0.3) is 0 Å². The van der Waals surface area contributed by atoms with E-state index in [0.717, 1.165) is 17.4 Å². The van der Waals surface area contributed by atoms with E-state index < -0.39 is 41.6 Å². The van der Waals surface area contributed by atoms with Gasteiger partial charge in [0.15, 0.2) is 5.69 Å². The van der Waals surface area contributed by atoms with Crippen molar-refractivity contribution in [1.82, 2.24) is 5.32 Å². The summed E-state index contributed by atoms with van der Waals surface area (Å²) >= 11 is 0. The van der Waals surface area contributed by atoms with Crippen LogP contribution in [0.3, 0.4) is 0 Å². The van der Waals surface area contributed by atoms with Crippen molar-refractivity contribution < 1.29 is 46.3 Å². The maximum absolute atomic E-state index is 13.2. The van der Waals surface area contributed by atoms with E-state index in [-0.39, 0.29) is 5.69 Å². The number of hydrogen-bond acceptors (Lipinski definition) is 5. The molecule has 1 amide bonds. The van der Waals surface area contributed by atoms with E-state index in [2.05, 4.69) is 4.74 Å². The van der Waals surface area contributed by atoms with Crippen molar-refractivity contribution in [2.75, 3.05) is 11.9 Å². The zero-order chi connectivity index (χ0) is 19.5. The van der Waals surface area contributed by atoms with Crippen LogP contribution in [-0.2, 0) is 4.74 Å². The lowest BCUT2D eigenvalue weighted by molar-refractivity contribution is -0.991. The lowest BCUT2D eigenvalue weighted by atomic mass is 10.1. The van der Waals surface area contributed by atoms with Gasteiger partial charge >= 0.3 is 24.1 Å². The number of ether oxygens (including phenoxy) is 1. The van der Waals surface area contributed by atoms with Gasteiger partial charge in [-0.3, -0.25) is 5.32 Å². The molecule has 7 nitrogen and oxygen atoms in total. The number of hydrogen-bond donors (Lipinski definition) is 4. The molecule has 0 aliphatic heterocycles. The molecular weight excluding hydrogens is 364 g/mol. The van der Waals surface area contributed by atoms with E-state index in [0.29, 0.717) is 12.1 Å². The average molecular weight is 377 g/mol. The van der Waals surface area contributed by atoms with Crippen molar-refractivity contribution in [1.29, 1.82) is 0 Å². The first-order valence-electron chi connectivity index (χ1n) is 6.54. The van der Waals surface area contributed by atoms with Crippen LogP contribution in [0.25, 0.3) is 0 Å². The third-order valence-electron chi connectivity index (χ3n) is 2.88. The molecule has 0 bridgehead atoms. The molecule has 1 aromatic rings. The van der Waals surface area contributed by atoms with Gasteiger partial charge in [-0.05, 0) is 19.1 Å². The van der Waals surface area contributed by atoms with E-state index in [1.807, 2.05) is 0 Å². The Morgan fingerprint density at radius 2 is 1.64 bits per heavy atom. The van der Waals surface area contributed by atoms with Crippen LogP contribution in [0.1, 0.15) is 6.92 Å². The van der Waals surface area contributed by atoms with Gasteiger partial charge < -0.3 is 15.3 Å². The van der Waals surface area contributed by atoms with Crippen molar-refractivity contribution in [3.63, 3.8) is 0 Å². The number of nitrogens with one attached hydrogen (secondary N) is 3. The van der Waals surface area contributed by atoms with Crippen LogP contribution in [0.4, 0.5) is 42.5 Å². The molecule has 0 aliphatic carbocycles. The molecule has 0 fully saturated rings. The minimum atomic E-state index is -6.00. The summed E-state index contributed by atoms with van der Waals surface area (Å²) in [5, 5.41) is 19.9. The molecule has 1 atom stereocenters. The SMILES string of the molecule is CCOC(=O)NC(Nc1ccc([NH+]([O-])O)cc1)(C(F)(F)F)C(F)(F)F. The Labute approximate surface area is 136 Å². The minimum absolute atomic E-state index is 0.353. The highest BCUT2D eigenvalue weighted by Gasteiger charge is 2.73. The second-order valence-electron chi connectivity index (χ2n) is 4.60. The van der Waals surface area contributed by atoms with E-state index in [4.69, 9.17) is 5.21 Å². The first-order chi connectivity index (χ1) is 11.3. The first-order valence-corrected chi connectivity index (χ1v) is 6.54. The van der Waals surface area contributed by atoms with Gasteiger partial charge in [0.05, 0.1) is 6.61 Å². The number of quaternary nitrogens is 1. The number of alkyl halides is 6. The molecule has 0 radical (unpaired) electrons. The van der Waals surface area contributed by atoms with Crippen molar-refractivity contribution in [3.05, 3.63) is 29.5 Å². The number of benzene rings is 1. The molecule has 0 spiro atoms. The summed E-state index contributed by atoms with van der Waals surface area (Å²) < 4.78 is 83.4. The number of amides is 1. The lowest BCUT2D eigenvalue weighted by Gasteiger charge is -2.38. The van der Waals surface area contributed by atoms with E-state index in [9.17, 15) is 36.3 Å². The van der Waals surface area contributed by atoms with Gasteiger partial charge in [0.1, 0.15) is 0 Å². The number of halogens is 6. The van der Waals surface area contributed by atoms with Crippen LogP contribution in [0.15, 0.2) is 24.3 Å². The molecule has 1 unspecified atom stereocenters. The highest BCUT2D eigenvalue weighted by molar-refractivity contribution is 5.70. The van der Waals surface area contributed by atoms with Crippen molar-refractivity contribution in [2.24, 2.45) is 0 Å². The zero-order valence-electron chi connectivity index (χ0n) is 12.5. The van der Waals surface area contributed by atoms with Crippen LogP contribution < -0.4 is 15.9 Å². The van der Waals surface area contributed by atoms with E-state index >= 15 is 0 Å². The molecule has 142 valence electrons. The van der Waals surface area contributed by atoms with Gasteiger partial charge in [0, 0.05) is 17.8 Å². The Morgan fingerprint density at radius 1 is 1.16 bits per heavy atom. The van der Waals surface area contributed by atoms with E-state index in [1.54, 1.807) is 0 Å². The molecule has 0 heterocycles. The standard InChI is InChI=1S/C12H13F6N3O4/c1-2-25-9(22)20-10(11(13,14)15,12(16,17)18)19-7-3-5-8(6-4-7)21(23)24/h3-6,19,21,23H,2H2,1H3,(H,20,22). The van der Waals surface area contributed by atoms with Crippen LogP contribution in [0.2, 0.25) is 0 Å². The summed E-state index contributed by atoms with van der Waals surface area (Å²) in [6.07, 6.45) is -13.9. The molecule has 1 rings (SSSR count). The van der Waals surface area contributed by atoms with Crippen molar-refractivity contribution in [3.8, 4) is 0 Å². The fraction of sp³-hybridized carbons (Fsp3) is 0.417. The number of alkyl carbamates (subject to hydrolysis) is 1. The number of carbonyl (C=O) groups is 1. The van der Waals surface area contributed by atoms with Gasteiger partial charge in [-0.25, -0.2) is 10.0 Å². The Kier molecular flexibility index (Phi) is 6.09. The third kappa shape index (κ3) is 4.64. The highest BCUT2D eigenvalue weighted by atomic mass is 19.4. The summed E-state index contributed by atoms with van der Waals surface area (Å²) in [7, 11) is 0. The maximum atomic E-state index is 13.2. The summed E-state index contributed by atoms with van der Waals surface area (Å²) in [4.78, 5) is 11.2. The normalized spacial score (nSPS) is 14.0. The fourth-order valence-corrected chi connectivity index (χ4v) is 1.71. The van der Waals surface area contributed by atoms with Crippen LogP contribution in [0.5, 0.6) is 0 Å². The summed E-state index contributed by atoms with van der Waals surface area (Å²) in [5.41, 5.74) is -5.92. The largest absolute Gasteiger partial charge is 0.595 e. The summed E-state index contributed by atoms with van der Waals surface area (Å²) in [6.45, 7) is 0.741. The Balaban J connectivity index is 3.31. The van der Waals surface area contributed by atoms with E-state index in [1.165, 1.54) is 12.2 Å². The third-order valence-corrected chi connectivity index (χ3v) is 2.88. The van der Waals surface area contributed by atoms with Gasteiger partial charge in [-0.2, -0.15) is 31.6 Å². The van der Waals surface area contributed by atoms with Crippen LogP contribution >= 0.6 is 0 Å². The molecule has 4 N–H and O–H groups in total. The topological polar surface area (TPSA) is 98.1 Å². The number of carbonyl (C=O) groups excluding carboxylic acids is 1. The number of anilines is 1. The molecule has 0 aromatic heterocycles. The fourth-order valence-electron chi connectivity index (χ4n) is 1.71. The Morgan fingerprint density at radius 3 is 2.00 bits per heavy atom. The second kappa shape index (κ2) is 7.33. The molecule has 0 saturated heterocycles. The maximum Gasteiger partial charge on any atom is 0.439 e. The second-order valence-corrected chi connectivity index (χ2v) is 4.60. The van der Waals surface area contributed by atoms with Crippen molar-refractivity contribution >= 4 is 17.5 Å². The zero-order valence-corrected chi connectivity index (χ0v) is 12.5. The highest BCUT2D eigenvalue weighted by Crippen LogP contribution is 2.43. The molecule has 25 heavy (non-hydrogen) atoms. The summed E-state index contributed by atoms with van der Waals surface area (Å²) in [6, 6.07) is 2.99. The summed E-state index contributed by atoms with van der Waals surface area (Å²) in [5.74, 6) is 0. The quantitative estimate of drug-likeness (QED) is 0.358. The molecule has 0 saturated carbocycles. The minimum Gasteiger partial charge on any atom is -0.595 e. The predicted molar refractivity (Wildman–Crippen MR) is 70.8 cm³/mol. The van der Waals surface area contributed by atoms with Crippen molar-refractivity contribution in [2.45, 2.75) is 24.9 Å². The van der Waals surface area contributed by atoms with Crippen LogP contribution in [-0.4, -0.2) is 35.9 Å². The first kappa shape index (κ1) is 20.8. The van der Waals surface area contributed by atoms with Gasteiger partial charge in [0.2, 0.25) is 0 Å². The number of rotatable bonds is 5. The van der Waals surface area contributed by atoms with Gasteiger partial charge in [-0.15, -0.1) is 0 Å². The lowest BCUT2D eigenvalue weighted by Crippen LogP contribution is -2.99. The van der Waals surface area contributed by atoms with Crippen LogP contribution in [0, 0.1) is 5.21 Å². The molecular formula is C12H13F6N3O4. The monoisotopic (exact) mass is 377 g/mol. The molecule has 13 heteroatoms.